The van der Waals surface area contributed by atoms with E-state index in [1.165, 1.54) is 0 Å². The second-order valence-electron chi connectivity index (χ2n) is 6.57. The molecule has 0 amide bonds. The monoisotopic (exact) mass is 420 g/mol. The van der Waals surface area contributed by atoms with Gasteiger partial charge in [-0.3, -0.25) is 0 Å². The molecule has 0 aliphatic heterocycles. The van der Waals surface area contributed by atoms with Gasteiger partial charge in [0.2, 0.25) is 0 Å². The maximum absolute atomic E-state index is 6.44. The molecule has 0 aliphatic carbocycles. The van der Waals surface area contributed by atoms with E-state index in [1.54, 1.807) is 12.1 Å². The zero-order valence-electron chi connectivity index (χ0n) is 15.4. The number of nitrogens with two attached hydrogens (primary N) is 2. The first-order valence-electron chi connectivity index (χ1n) is 8.99. The molecule has 0 saturated heterocycles. The first-order chi connectivity index (χ1) is 14.0. The number of halogens is 2. The lowest BCUT2D eigenvalue weighted by Gasteiger charge is -2.16. The van der Waals surface area contributed by atoms with Gasteiger partial charge < -0.3 is 16.2 Å². The molecule has 0 spiro atoms. The van der Waals surface area contributed by atoms with E-state index in [1.807, 2.05) is 72.8 Å². The second kappa shape index (κ2) is 8.08. The Morgan fingerprint density at radius 2 is 0.931 bits per heavy atom. The molecule has 29 heavy (non-hydrogen) atoms. The van der Waals surface area contributed by atoms with Crippen LogP contribution >= 0.6 is 23.2 Å². The molecule has 0 unspecified atom stereocenters. The van der Waals surface area contributed by atoms with Crippen molar-refractivity contribution in [1.82, 2.24) is 0 Å². The van der Waals surface area contributed by atoms with Crippen LogP contribution in [0.25, 0.3) is 22.3 Å². The smallest absolute Gasteiger partial charge is 0.135 e. The summed E-state index contributed by atoms with van der Waals surface area (Å²) in [5.74, 6) is 1.36. The van der Waals surface area contributed by atoms with E-state index >= 15 is 0 Å². The Morgan fingerprint density at radius 1 is 0.517 bits per heavy atom. The quantitative estimate of drug-likeness (QED) is 0.340. The largest absolute Gasteiger partial charge is 0.456 e. The van der Waals surface area contributed by atoms with Crippen molar-refractivity contribution >= 4 is 34.6 Å². The van der Waals surface area contributed by atoms with E-state index in [2.05, 4.69) is 0 Å². The summed E-state index contributed by atoms with van der Waals surface area (Å²) in [6.07, 6.45) is 0. The third-order valence-corrected chi connectivity index (χ3v) is 5.19. The minimum Gasteiger partial charge on any atom is -0.456 e. The van der Waals surface area contributed by atoms with Crippen LogP contribution in [0.15, 0.2) is 84.9 Å². The van der Waals surface area contributed by atoms with Crippen LogP contribution < -0.4 is 16.2 Å². The highest BCUT2D eigenvalue weighted by Gasteiger charge is 2.14. The molecular weight excluding hydrogens is 403 g/mol. The lowest BCUT2D eigenvalue weighted by atomic mass is 10.0. The molecule has 0 saturated carbocycles. The Kier molecular flexibility index (Phi) is 5.34. The minimum atomic E-state index is 0.566. The summed E-state index contributed by atoms with van der Waals surface area (Å²) in [7, 11) is 0. The van der Waals surface area contributed by atoms with Crippen molar-refractivity contribution in [2.75, 3.05) is 11.5 Å². The maximum Gasteiger partial charge on any atom is 0.135 e. The van der Waals surface area contributed by atoms with Gasteiger partial charge >= 0.3 is 0 Å². The van der Waals surface area contributed by atoms with E-state index in [0.717, 1.165) is 22.3 Å². The van der Waals surface area contributed by atoms with Crippen molar-refractivity contribution in [3.05, 3.63) is 95.0 Å². The number of para-hydroxylation sites is 2. The molecule has 4 N–H and O–H groups in total. The van der Waals surface area contributed by atoms with Crippen LogP contribution in [0.2, 0.25) is 10.0 Å². The number of rotatable bonds is 4. The highest BCUT2D eigenvalue weighted by atomic mass is 35.5. The standard InChI is InChI=1S/C24H18Cl2N2O/c25-21-13-15(27)9-11-17(21)19-5-1-3-7-23(19)29-24-8-4-2-6-20(24)18-12-10-16(28)14-22(18)26/h1-14H,27-28H2. The number of nitrogen functional groups attached to an aromatic ring is 2. The van der Waals surface area contributed by atoms with Gasteiger partial charge in [-0.2, -0.15) is 0 Å². The van der Waals surface area contributed by atoms with Crippen LogP contribution in [0.5, 0.6) is 11.5 Å². The SMILES string of the molecule is Nc1ccc(-c2ccccc2Oc2ccccc2-c2ccc(N)cc2Cl)c(Cl)c1. The average Bonchev–Trinajstić information content (AvgIpc) is 2.70. The van der Waals surface area contributed by atoms with Crippen molar-refractivity contribution in [2.45, 2.75) is 0 Å². The first kappa shape index (κ1) is 19.2. The topological polar surface area (TPSA) is 61.3 Å². The Labute approximate surface area is 179 Å². The van der Waals surface area contributed by atoms with Gasteiger partial charge in [-0.15, -0.1) is 0 Å². The molecule has 3 nitrogen and oxygen atoms in total. The van der Waals surface area contributed by atoms with Gasteiger partial charge in [-0.25, -0.2) is 0 Å². The van der Waals surface area contributed by atoms with Gasteiger partial charge in [0.1, 0.15) is 11.5 Å². The predicted molar refractivity (Wildman–Crippen MR) is 123 cm³/mol. The highest BCUT2D eigenvalue weighted by Crippen LogP contribution is 2.41. The van der Waals surface area contributed by atoms with E-state index in [-0.39, 0.29) is 0 Å². The molecule has 4 rings (SSSR count). The molecule has 0 atom stereocenters. The molecule has 0 heterocycles. The van der Waals surface area contributed by atoms with Crippen molar-refractivity contribution in [2.24, 2.45) is 0 Å². The molecule has 4 aromatic rings. The summed E-state index contributed by atoms with van der Waals surface area (Å²) in [5, 5.41) is 1.13. The van der Waals surface area contributed by atoms with E-state index in [9.17, 15) is 0 Å². The maximum atomic E-state index is 6.44. The van der Waals surface area contributed by atoms with Crippen LogP contribution in [0, 0.1) is 0 Å². The zero-order valence-corrected chi connectivity index (χ0v) is 16.9. The van der Waals surface area contributed by atoms with Gasteiger partial charge in [-0.05, 0) is 36.4 Å². The van der Waals surface area contributed by atoms with Crippen LogP contribution in [0.4, 0.5) is 11.4 Å². The van der Waals surface area contributed by atoms with E-state index in [4.69, 9.17) is 39.4 Å². The minimum absolute atomic E-state index is 0.566. The normalized spacial score (nSPS) is 10.7. The fourth-order valence-corrected chi connectivity index (χ4v) is 3.76. The number of hydrogen-bond donors (Lipinski definition) is 2. The third kappa shape index (κ3) is 4.02. The van der Waals surface area contributed by atoms with Gasteiger partial charge in [0.15, 0.2) is 0 Å². The Morgan fingerprint density at radius 3 is 1.34 bits per heavy atom. The van der Waals surface area contributed by atoms with Crippen molar-refractivity contribution in [1.29, 1.82) is 0 Å². The second-order valence-corrected chi connectivity index (χ2v) is 7.39. The Bertz CT molecular complexity index is 1100. The van der Waals surface area contributed by atoms with Crippen molar-refractivity contribution in [3.63, 3.8) is 0 Å². The fraction of sp³-hybridized carbons (Fsp3) is 0. The molecule has 0 bridgehead atoms. The zero-order chi connectivity index (χ0) is 20.4. The van der Waals surface area contributed by atoms with Crippen LogP contribution in [0.1, 0.15) is 0 Å². The molecule has 0 radical (unpaired) electrons. The highest BCUT2D eigenvalue weighted by molar-refractivity contribution is 6.34. The number of hydrogen-bond acceptors (Lipinski definition) is 3. The van der Waals surface area contributed by atoms with Gasteiger partial charge in [0.05, 0.1) is 10.0 Å². The Balaban J connectivity index is 1.79. The number of benzene rings is 4. The van der Waals surface area contributed by atoms with Crippen LogP contribution in [-0.2, 0) is 0 Å². The summed E-state index contributed by atoms with van der Waals surface area (Å²) in [5.41, 5.74) is 16.3. The molecule has 0 aliphatic rings. The van der Waals surface area contributed by atoms with Crippen LogP contribution in [-0.4, -0.2) is 0 Å². The molecule has 0 fully saturated rings. The van der Waals surface area contributed by atoms with Crippen molar-refractivity contribution < 1.29 is 4.74 Å². The lowest BCUT2D eigenvalue weighted by molar-refractivity contribution is 0.486. The lowest BCUT2D eigenvalue weighted by Crippen LogP contribution is -1.93. The molecule has 0 aromatic heterocycles. The summed E-state index contributed by atoms with van der Waals surface area (Å²) in [6.45, 7) is 0. The average molecular weight is 421 g/mol. The van der Waals surface area contributed by atoms with Gasteiger partial charge in [-0.1, -0.05) is 71.7 Å². The first-order valence-corrected chi connectivity index (χ1v) is 9.75. The van der Waals surface area contributed by atoms with E-state index in [0.29, 0.717) is 32.9 Å². The van der Waals surface area contributed by atoms with E-state index < -0.39 is 0 Å². The number of ether oxygens (including phenoxy) is 1. The van der Waals surface area contributed by atoms with Crippen LogP contribution in [0.3, 0.4) is 0 Å². The molecular formula is C24H18Cl2N2O. The summed E-state index contributed by atoms with van der Waals surface area (Å²) >= 11 is 12.9. The molecule has 144 valence electrons. The number of anilines is 2. The molecule has 4 aromatic carbocycles. The fourth-order valence-electron chi connectivity index (χ4n) is 3.17. The summed E-state index contributed by atoms with van der Waals surface area (Å²) in [6, 6.07) is 26.3. The van der Waals surface area contributed by atoms with Gasteiger partial charge in [0, 0.05) is 33.6 Å². The predicted octanol–water partition coefficient (Wildman–Crippen LogP) is 7.28. The Hall–Kier alpha value is -3.14. The summed E-state index contributed by atoms with van der Waals surface area (Å²) < 4.78 is 6.34. The third-order valence-electron chi connectivity index (χ3n) is 4.56. The summed E-state index contributed by atoms with van der Waals surface area (Å²) in [4.78, 5) is 0. The van der Waals surface area contributed by atoms with Gasteiger partial charge in [0.25, 0.3) is 0 Å². The molecule has 5 heteroatoms. The van der Waals surface area contributed by atoms with Crippen molar-refractivity contribution in [3.8, 4) is 33.8 Å².